The normalized spacial score (nSPS) is 11.4. The summed E-state index contributed by atoms with van der Waals surface area (Å²) in [5.74, 6) is 1.59. The van der Waals surface area contributed by atoms with Crippen molar-refractivity contribution in [1.82, 2.24) is 10.3 Å². The molecule has 3 heteroatoms. The van der Waals surface area contributed by atoms with Crippen LogP contribution >= 0.6 is 0 Å². The van der Waals surface area contributed by atoms with Crippen molar-refractivity contribution in [1.29, 1.82) is 0 Å². The smallest absolute Gasteiger partial charge is 0.129 e. The van der Waals surface area contributed by atoms with Crippen molar-refractivity contribution in [2.24, 2.45) is 0 Å². The Labute approximate surface area is 124 Å². The molecule has 0 aliphatic heterocycles. The number of hydrogen-bond acceptors (Lipinski definition) is 3. The summed E-state index contributed by atoms with van der Waals surface area (Å²) in [6.45, 7) is 16.2. The molecule has 0 aliphatic carbocycles. The van der Waals surface area contributed by atoms with E-state index in [2.05, 4.69) is 63.9 Å². The zero-order valence-electron chi connectivity index (χ0n) is 14.0. The zero-order valence-corrected chi connectivity index (χ0v) is 14.0. The van der Waals surface area contributed by atoms with Crippen LogP contribution in [0.5, 0.6) is 0 Å². The highest BCUT2D eigenvalue weighted by molar-refractivity contribution is 5.43. The van der Waals surface area contributed by atoms with Crippen LogP contribution in [0, 0.1) is 0 Å². The van der Waals surface area contributed by atoms with E-state index >= 15 is 0 Å². The van der Waals surface area contributed by atoms with Crippen LogP contribution in [0.25, 0.3) is 0 Å². The van der Waals surface area contributed by atoms with Gasteiger partial charge in [0.1, 0.15) is 5.82 Å². The Balaban J connectivity index is 3.03. The highest BCUT2D eigenvalue weighted by Crippen LogP contribution is 2.20. The molecule has 0 amide bonds. The van der Waals surface area contributed by atoms with E-state index in [0.29, 0.717) is 12.0 Å². The summed E-state index contributed by atoms with van der Waals surface area (Å²) in [4.78, 5) is 7.21. The highest BCUT2D eigenvalue weighted by Gasteiger charge is 2.11. The predicted molar refractivity (Wildman–Crippen MR) is 88.5 cm³/mol. The lowest BCUT2D eigenvalue weighted by atomic mass is 10.1. The summed E-state index contributed by atoms with van der Waals surface area (Å²) < 4.78 is 0. The van der Waals surface area contributed by atoms with Crippen molar-refractivity contribution in [2.75, 3.05) is 18.0 Å². The van der Waals surface area contributed by atoms with Crippen LogP contribution in [0.3, 0.4) is 0 Å². The SMILES string of the molecule is CCCN(CC)c1cc(CNC(C)C)cc(C(C)C)n1. The van der Waals surface area contributed by atoms with Crippen LogP contribution in [0.2, 0.25) is 0 Å². The molecular formula is C17H31N3. The van der Waals surface area contributed by atoms with Gasteiger partial charge in [-0.15, -0.1) is 0 Å². The van der Waals surface area contributed by atoms with Crippen LogP contribution in [0.1, 0.15) is 65.1 Å². The predicted octanol–water partition coefficient (Wildman–Crippen LogP) is 3.94. The molecule has 0 saturated heterocycles. The summed E-state index contributed by atoms with van der Waals surface area (Å²) in [6, 6.07) is 4.98. The van der Waals surface area contributed by atoms with Gasteiger partial charge in [-0.05, 0) is 37.0 Å². The Kier molecular flexibility index (Phi) is 7.00. The minimum Gasteiger partial charge on any atom is -0.357 e. The van der Waals surface area contributed by atoms with Crippen LogP contribution in [0.15, 0.2) is 12.1 Å². The van der Waals surface area contributed by atoms with Gasteiger partial charge in [-0.2, -0.15) is 0 Å². The number of anilines is 1. The average Bonchev–Trinajstić information content (AvgIpc) is 2.42. The lowest BCUT2D eigenvalue weighted by molar-refractivity contribution is 0.587. The van der Waals surface area contributed by atoms with E-state index in [1.807, 2.05) is 0 Å². The van der Waals surface area contributed by atoms with Gasteiger partial charge < -0.3 is 10.2 Å². The third-order valence-corrected chi connectivity index (χ3v) is 3.40. The first kappa shape index (κ1) is 17.0. The molecule has 0 saturated carbocycles. The number of rotatable bonds is 8. The summed E-state index contributed by atoms with van der Waals surface area (Å²) in [7, 11) is 0. The van der Waals surface area contributed by atoms with Gasteiger partial charge in [0.2, 0.25) is 0 Å². The minimum absolute atomic E-state index is 0.466. The van der Waals surface area contributed by atoms with Crippen molar-refractivity contribution >= 4 is 5.82 Å². The molecule has 1 heterocycles. The van der Waals surface area contributed by atoms with Gasteiger partial charge in [0.25, 0.3) is 0 Å². The lowest BCUT2D eigenvalue weighted by Gasteiger charge is -2.23. The highest BCUT2D eigenvalue weighted by atomic mass is 15.2. The second-order valence-corrected chi connectivity index (χ2v) is 6.03. The fourth-order valence-electron chi connectivity index (χ4n) is 2.18. The molecule has 0 bridgehead atoms. The van der Waals surface area contributed by atoms with E-state index < -0.39 is 0 Å². The standard InChI is InChI=1S/C17H31N3/c1-7-9-20(8-2)17-11-15(12-18-14(5)6)10-16(19-17)13(3)4/h10-11,13-14,18H,7-9,12H2,1-6H3. The van der Waals surface area contributed by atoms with E-state index in [0.717, 1.165) is 31.9 Å². The van der Waals surface area contributed by atoms with E-state index in [9.17, 15) is 0 Å². The first-order chi connectivity index (χ1) is 9.47. The summed E-state index contributed by atoms with van der Waals surface area (Å²) in [6.07, 6.45) is 1.15. The number of hydrogen-bond donors (Lipinski definition) is 1. The van der Waals surface area contributed by atoms with Gasteiger partial charge in [-0.3, -0.25) is 0 Å². The fourth-order valence-corrected chi connectivity index (χ4v) is 2.18. The summed E-state index contributed by atoms with van der Waals surface area (Å²) in [5, 5.41) is 3.50. The largest absolute Gasteiger partial charge is 0.357 e. The monoisotopic (exact) mass is 277 g/mol. The second-order valence-electron chi connectivity index (χ2n) is 6.03. The van der Waals surface area contributed by atoms with Crippen LogP contribution in [0.4, 0.5) is 5.82 Å². The Morgan fingerprint density at radius 3 is 2.35 bits per heavy atom. The maximum absolute atomic E-state index is 4.85. The minimum atomic E-state index is 0.466. The Bertz CT molecular complexity index is 399. The molecule has 0 atom stereocenters. The maximum Gasteiger partial charge on any atom is 0.129 e. The lowest BCUT2D eigenvalue weighted by Crippen LogP contribution is -2.26. The van der Waals surface area contributed by atoms with Crippen LogP contribution < -0.4 is 10.2 Å². The van der Waals surface area contributed by atoms with E-state index in [-0.39, 0.29) is 0 Å². The molecule has 1 N–H and O–H groups in total. The third kappa shape index (κ3) is 5.12. The molecule has 1 aromatic rings. The van der Waals surface area contributed by atoms with E-state index in [1.54, 1.807) is 0 Å². The molecule has 0 radical (unpaired) electrons. The van der Waals surface area contributed by atoms with Crippen molar-refractivity contribution in [3.8, 4) is 0 Å². The molecule has 0 unspecified atom stereocenters. The van der Waals surface area contributed by atoms with Crippen molar-refractivity contribution in [2.45, 2.75) is 66.5 Å². The zero-order chi connectivity index (χ0) is 15.1. The van der Waals surface area contributed by atoms with Crippen molar-refractivity contribution in [3.05, 3.63) is 23.4 Å². The Morgan fingerprint density at radius 1 is 1.15 bits per heavy atom. The number of pyridine rings is 1. The van der Waals surface area contributed by atoms with Crippen molar-refractivity contribution < 1.29 is 0 Å². The van der Waals surface area contributed by atoms with E-state index in [4.69, 9.17) is 4.98 Å². The molecule has 0 spiro atoms. The van der Waals surface area contributed by atoms with Gasteiger partial charge in [0.05, 0.1) is 0 Å². The first-order valence-electron chi connectivity index (χ1n) is 7.97. The van der Waals surface area contributed by atoms with Crippen molar-refractivity contribution in [3.63, 3.8) is 0 Å². The average molecular weight is 277 g/mol. The number of nitrogens with zero attached hydrogens (tertiary/aromatic N) is 2. The topological polar surface area (TPSA) is 28.2 Å². The number of nitrogens with one attached hydrogen (secondary N) is 1. The molecule has 1 rings (SSSR count). The summed E-state index contributed by atoms with van der Waals surface area (Å²) >= 11 is 0. The molecule has 1 aromatic heterocycles. The summed E-state index contributed by atoms with van der Waals surface area (Å²) in [5.41, 5.74) is 2.53. The molecular weight excluding hydrogens is 246 g/mol. The van der Waals surface area contributed by atoms with Gasteiger partial charge in [0, 0.05) is 31.4 Å². The second kappa shape index (κ2) is 8.25. The van der Waals surface area contributed by atoms with E-state index in [1.165, 1.54) is 11.3 Å². The van der Waals surface area contributed by atoms with Gasteiger partial charge >= 0.3 is 0 Å². The molecule has 0 aliphatic rings. The van der Waals surface area contributed by atoms with Gasteiger partial charge in [-0.1, -0.05) is 34.6 Å². The Morgan fingerprint density at radius 2 is 1.85 bits per heavy atom. The first-order valence-corrected chi connectivity index (χ1v) is 7.97. The maximum atomic E-state index is 4.85. The Hall–Kier alpha value is -1.09. The molecule has 3 nitrogen and oxygen atoms in total. The quantitative estimate of drug-likeness (QED) is 0.780. The van der Waals surface area contributed by atoms with Gasteiger partial charge in [-0.25, -0.2) is 4.98 Å². The fraction of sp³-hybridized carbons (Fsp3) is 0.706. The molecule has 0 aromatic carbocycles. The third-order valence-electron chi connectivity index (χ3n) is 3.40. The molecule has 20 heavy (non-hydrogen) atoms. The number of aromatic nitrogens is 1. The van der Waals surface area contributed by atoms with Crippen LogP contribution in [-0.2, 0) is 6.54 Å². The molecule has 114 valence electrons. The molecule has 0 fully saturated rings. The van der Waals surface area contributed by atoms with Crippen LogP contribution in [-0.4, -0.2) is 24.1 Å². The van der Waals surface area contributed by atoms with Gasteiger partial charge in [0.15, 0.2) is 0 Å².